The Kier molecular flexibility index (Phi) is 3.70. The number of ether oxygens (including phenoxy) is 3. The van der Waals surface area contributed by atoms with Crippen molar-refractivity contribution in [3.63, 3.8) is 0 Å². The molecule has 3 rings (SSSR count). The molecule has 0 fully saturated rings. The first kappa shape index (κ1) is 15.0. The van der Waals surface area contributed by atoms with Crippen molar-refractivity contribution in [3.05, 3.63) is 52.8 Å². The van der Waals surface area contributed by atoms with Gasteiger partial charge in [0.2, 0.25) is 5.78 Å². The number of ketones is 1. The smallest absolute Gasteiger partial charge is 0.231 e. The fourth-order valence-corrected chi connectivity index (χ4v) is 2.45. The molecule has 0 saturated carbocycles. The van der Waals surface area contributed by atoms with Crippen molar-refractivity contribution in [2.75, 3.05) is 14.2 Å². The third-order valence-electron chi connectivity index (χ3n) is 3.78. The largest absolute Gasteiger partial charge is 0.508 e. The lowest BCUT2D eigenvalue weighted by atomic mass is 10.1. The van der Waals surface area contributed by atoms with Crippen molar-refractivity contribution in [1.29, 1.82) is 0 Å². The summed E-state index contributed by atoms with van der Waals surface area (Å²) in [6, 6.07) is 8.35. The second-order valence-electron chi connectivity index (χ2n) is 5.13. The van der Waals surface area contributed by atoms with Gasteiger partial charge in [-0.3, -0.25) is 4.79 Å². The SMILES string of the molecule is COc1ccc(C=C2Oc3c(ccc(O)c3C)C2=O)c(OC)c1. The van der Waals surface area contributed by atoms with E-state index in [1.165, 1.54) is 6.07 Å². The Hall–Kier alpha value is -2.95. The Morgan fingerprint density at radius 2 is 1.91 bits per heavy atom. The van der Waals surface area contributed by atoms with Crippen molar-refractivity contribution in [2.24, 2.45) is 0 Å². The number of allylic oxidation sites excluding steroid dienone is 1. The molecule has 0 amide bonds. The normalized spacial score (nSPS) is 14.6. The van der Waals surface area contributed by atoms with Gasteiger partial charge in [0.1, 0.15) is 23.0 Å². The van der Waals surface area contributed by atoms with Gasteiger partial charge in [-0.05, 0) is 37.3 Å². The van der Waals surface area contributed by atoms with Crippen LogP contribution in [0.25, 0.3) is 6.08 Å². The molecule has 23 heavy (non-hydrogen) atoms. The summed E-state index contributed by atoms with van der Waals surface area (Å²) >= 11 is 0. The van der Waals surface area contributed by atoms with E-state index in [0.29, 0.717) is 33.9 Å². The molecular formula is C18H16O5. The first-order valence-electron chi connectivity index (χ1n) is 7.04. The number of hydrogen-bond acceptors (Lipinski definition) is 5. The van der Waals surface area contributed by atoms with Gasteiger partial charge in [-0.25, -0.2) is 0 Å². The van der Waals surface area contributed by atoms with Crippen LogP contribution >= 0.6 is 0 Å². The molecule has 0 spiro atoms. The summed E-state index contributed by atoms with van der Waals surface area (Å²) in [6.45, 7) is 1.71. The molecule has 0 aromatic heterocycles. The second-order valence-corrected chi connectivity index (χ2v) is 5.13. The standard InChI is InChI=1S/C18H16O5/c1-10-14(19)7-6-13-17(20)16(23-18(10)13)8-11-4-5-12(21-2)9-15(11)22-3/h4-9,19H,1-3H3. The molecule has 118 valence electrons. The van der Waals surface area contributed by atoms with Crippen molar-refractivity contribution in [1.82, 2.24) is 0 Å². The van der Waals surface area contributed by atoms with Crippen LogP contribution in [0.5, 0.6) is 23.0 Å². The highest BCUT2D eigenvalue weighted by molar-refractivity contribution is 6.15. The van der Waals surface area contributed by atoms with E-state index in [-0.39, 0.29) is 17.3 Å². The van der Waals surface area contributed by atoms with E-state index in [4.69, 9.17) is 14.2 Å². The third-order valence-corrected chi connectivity index (χ3v) is 3.78. The molecule has 2 aromatic carbocycles. The van der Waals surface area contributed by atoms with Gasteiger partial charge in [0.25, 0.3) is 0 Å². The summed E-state index contributed by atoms with van der Waals surface area (Å²) in [5, 5.41) is 9.74. The highest BCUT2D eigenvalue weighted by Crippen LogP contribution is 2.39. The number of aromatic hydroxyl groups is 1. The molecule has 1 N–H and O–H groups in total. The molecule has 5 heteroatoms. The van der Waals surface area contributed by atoms with Gasteiger partial charge in [-0.15, -0.1) is 0 Å². The zero-order chi connectivity index (χ0) is 16.6. The van der Waals surface area contributed by atoms with Gasteiger partial charge >= 0.3 is 0 Å². The molecule has 2 aromatic rings. The van der Waals surface area contributed by atoms with E-state index in [0.717, 1.165) is 0 Å². The van der Waals surface area contributed by atoms with Gasteiger partial charge in [0.15, 0.2) is 5.76 Å². The fraction of sp³-hybridized carbons (Fsp3) is 0.167. The lowest BCUT2D eigenvalue weighted by Gasteiger charge is -2.08. The zero-order valence-corrected chi connectivity index (χ0v) is 13.0. The Balaban J connectivity index is 2.03. The van der Waals surface area contributed by atoms with Crippen LogP contribution in [0.15, 0.2) is 36.1 Å². The van der Waals surface area contributed by atoms with Crippen molar-refractivity contribution in [3.8, 4) is 23.0 Å². The topological polar surface area (TPSA) is 65.0 Å². The van der Waals surface area contributed by atoms with E-state index in [2.05, 4.69) is 0 Å². The number of phenolic OH excluding ortho intramolecular Hbond substituents is 1. The minimum absolute atomic E-state index is 0.0971. The Morgan fingerprint density at radius 3 is 2.61 bits per heavy atom. The summed E-state index contributed by atoms with van der Waals surface area (Å²) in [5.74, 6) is 1.70. The molecule has 0 unspecified atom stereocenters. The van der Waals surface area contributed by atoms with E-state index >= 15 is 0 Å². The summed E-state index contributed by atoms with van der Waals surface area (Å²) in [5.41, 5.74) is 1.69. The minimum atomic E-state index is -0.221. The number of fused-ring (bicyclic) bond motifs is 1. The number of carbonyl (C=O) groups is 1. The highest BCUT2D eigenvalue weighted by atomic mass is 16.5. The number of rotatable bonds is 3. The van der Waals surface area contributed by atoms with Crippen LogP contribution in [0.1, 0.15) is 21.5 Å². The molecule has 0 radical (unpaired) electrons. The Morgan fingerprint density at radius 1 is 1.13 bits per heavy atom. The van der Waals surface area contributed by atoms with Crippen LogP contribution in [0.3, 0.4) is 0 Å². The molecule has 0 aliphatic carbocycles. The number of phenols is 1. The molecule has 5 nitrogen and oxygen atoms in total. The van der Waals surface area contributed by atoms with Gasteiger partial charge in [-0.2, -0.15) is 0 Å². The average molecular weight is 312 g/mol. The van der Waals surface area contributed by atoms with Crippen molar-refractivity contribution < 1.29 is 24.1 Å². The Labute approximate surface area is 133 Å². The summed E-state index contributed by atoms with van der Waals surface area (Å²) in [6.07, 6.45) is 1.62. The summed E-state index contributed by atoms with van der Waals surface area (Å²) in [7, 11) is 3.12. The maximum Gasteiger partial charge on any atom is 0.231 e. The first-order valence-corrected chi connectivity index (χ1v) is 7.04. The molecule has 0 bridgehead atoms. The average Bonchev–Trinajstić information content (AvgIpc) is 2.88. The quantitative estimate of drug-likeness (QED) is 0.881. The molecule has 1 aliphatic heterocycles. The van der Waals surface area contributed by atoms with Crippen LogP contribution in [-0.4, -0.2) is 25.1 Å². The number of hydrogen-bond donors (Lipinski definition) is 1. The lowest BCUT2D eigenvalue weighted by molar-refractivity contribution is 0.101. The lowest BCUT2D eigenvalue weighted by Crippen LogP contribution is -1.99. The maximum absolute atomic E-state index is 12.4. The molecule has 0 saturated heterocycles. The monoisotopic (exact) mass is 312 g/mol. The third kappa shape index (κ3) is 2.50. The van der Waals surface area contributed by atoms with Gasteiger partial charge in [0, 0.05) is 17.2 Å². The predicted molar refractivity (Wildman–Crippen MR) is 85.3 cm³/mol. The van der Waals surface area contributed by atoms with Crippen LogP contribution in [0, 0.1) is 6.92 Å². The van der Waals surface area contributed by atoms with E-state index in [1.54, 1.807) is 51.5 Å². The second kappa shape index (κ2) is 5.68. The molecule has 0 atom stereocenters. The van der Waals surface area contributed by atoms with Crippen LogP contribution in [0.4, 0.5) is 0 Å². The number of benzene rings is 2. The molecule has 1 heterocycles. The fourth-order valence-electron chi connectivity index (χ4n) is 2.45. The molecular weight excluding hydrogens is 296 g/mol. The van der Waals surface area contributed by atoms with Crippen LogP contribution in [0.2, 0.25) is 0 Å². The summed E-state index contributed by atoms with van der Waals surface area (Å²) < 4.78 is 16.1. The zero-order valence-electron chi connectivity index (χ0n) is 13.0. The number of methoxy groups -OCH3 is 2. The predicted octanol–water partition coefficient (Wildman–Crippen LogP) is 3.33. The van der Waals surface area contributed by atoms with Gasteiger partial charge in [-0.1, -0.05) is 0 Å². The van der Waals surface area contributed by atoms with Crippen molar-refractivity contribution in [2.45, 2.75) is 6.92 Å². The molecule has 1 aliphatic rings. The van der Waals surface area contributed by atoms with Crippen molar-refractivity contribution >= 4 is 11.9 Å². The van der Waals surface area contributed by atoms with Crippen LogP contribution in [-0.2, 0) is 0 Å². The van der Waals surface area contributed by atoms with E-state index < -0.39 is 0 Å². The highest BCUT2D eigenvalue weighted by Gasteiger charge is 2.30. The Bertz CT molecular complexity index is 820. The minimum Gasteiger partial charge on any atom is -0.508 e. The van der Waals surface area contributed by atoms with E-state index in [1.807, 2.05) is 0 Å². The first-order chi connectivity index (χ1) is 11.0. The maximum atomic E-state index is 12.4. The van der Waals surface area contributed by atoms with E-state index in [9.17, 15) is 9.90 Å². The number of Topliss-reactive ketones (excluding diaryl/α,β-unsaturated/α-hetero) is 1. The summed E-state index contributed by atoms with van der Waals surface area (Å²) in [4.78, 5) is 12.4. The number of carbonyl (C=O) groups excluding carboxylic acids is 1. The van der Waals surface area contributed by atoms with Gasteiger partial charge < -0.3 is 19.3 Å². The van der Waals surface area contributed by atoms with Crippen LogP contribution < -0.4 is 14.2 Å². The van der Waals surface area contributed by atoms with Gasteiger partial charge in [0.05, 0.1) is 19.8 Å².